The number of rotatable bonds is 9. The minimum Gasteiger partial charge on any atom is -0.478 e. The van der Waals surface area contributed by atoms with E-state index in [9.17, 15) is 24.4 Å². The summed E-state index contributed by atoms with van der Waals surface area (Å²) in [5.41, 5.74) is 0.475. The van der Waals surface area contributed by atoms with Gasteiger partial charge in [0.1, 0.15) is 11.5 Å². The SMILES string of the molecule is CCCCP(=O)(Oc1ccc(C(=O)O)cc1C(C)(C)C)Oc1ccc(C(=O)O)cc1C(C)(C)C. The van der Waals surface area contributed by atoms with E-state index >= 15 is 0 Å². The van der Waals surface area contributed by atoms with E-state index in [0.717, 1.165) is 6.42 Å². The molecule has 0 spiro atoms. The van der Waals surface area contributed by atoms with E-state index in [1.54, 1.807) is 0 Å². The zero-order chi connectivity index (χ0) is 25.9. The topological polar surface area (TPSA) is 110 Å². The van der Waals surface area contributed by atoms with Gasteiger partial charge in [0.2, 0.25) is 0 Å². The lowest BCUT2D eigenvalue weighted by Crippen LogP contribution is -2.17. The van der Waals surface area contributed by atoms with Crippen molar-refractivity contribution in [1.29, 1.82) is 0 Å². The molecule has 0 aliphatic rings. The van der Waals surface area contributed by atoms with E-state index in [0.29, 0.717) is 29.0 Å². The zero-order valence-corrected chi connectivity index (χ0v) is 21.9. The number of hydrogen-bond acceptors (Lipinski definition) is 5. The summed E-state index contributed by atoms with van der Waals surface area (Å²) in [5.74, 6) is -1.51. The van der Waals surface area contributed by atoms with Crippen LogP contribution in [-0.2, 0) is 15.4 Å². The van der Waals surface area contributed by atoms with Gasteiger partial charge in [0.25, 0.3) is 0 Å². The minimum absolute atomic E-state index is 0.112. The van der Waals surface area contributed by atoms with Crippen LogP contribution in [0.4, 0.5) is 0 Å². The summed E-state index contributed by atoms with van der Waals surface area (Å²) in [4.78, 5) is 23.0. The molecule has 2 N–H and O–H groups in total. The summed E-state index contributed by atoms with van der Waals surface area (Å²) < 4.78 is 26.2. The van der Waals surface area contributed by atoms with Crippen molar-refractivity contribution in [3.63, 3.8) is 0 Å². The predicted molar refractivity (Wildman–Crippen MR) is 133 cm³/mol. The third-order valence-corrected chi connectivity index (χ3v) is 7.14. The predicted octanol–water partition coefficient (Wildman–Crippen LogP) is 7.13. The maximum Gasteiger partial charge on any atom is 0.430 e. The summed E-state index contributed by atoms with van der Waals surface area (Å²) in [5, 5.41) is 18.8. The number of aromatic carboxylic acids is 2. The first-order valence-electron chi connectivity index (χ1n) is 11.3. The fraction of sp³-hybridized carbons (Fsp3) is 0.462. The Balaban J connectivity index is 2.58. The molecular weight excluding hydrogens is 455 g/mol. The van der Waals surface area contributed by atoms with Gasteiger partial charge in [0.15, 0.2) is 0 Å². The molecule has 0 heterocycles. The summed E-state index contributed by atoms with van der Waals surface area (Å²) in [6.07, 6.45) is 1.51. The smallest absolute Gasteiger partial charge is 0.430 e. The van der Waals surface area contributed by atoms with Crippen LogP contribution >= 0.6 is 7.60 Å². The number of carboxylic acid groups (broad SMARTS) is 2. The molecular formula is C26H35O7P. The highest BCUT2D eigenvalue weighted by Crippen LogP contribution is 2.52. The Hall–Kier alpha value is -2.79. The molecule has 34 heavy (non-hydrogen) atoms. The van der Waals surface area contributed by atoms with Gasteiger partial charge in [-0.1, -0.05) is 54.9 Å². The molecule has 0 aliphatic carbocycles. The van der Waals surface area contributed by atoms with Crippen LogP contribution in [0, 0.1) is 0 Å². The molecule has 0 aromatic heterocycles. The number of carbonyl (C=O) groups is 2. The number of hydrogen-bond donors (Lipinski definition) is 2. The second-order valence-electron chi connectivity index (χ2n) is 10.4. The van der Waals surface area contributed by atoms with Gasteiger partial charge in [-0.3, -0.25) is 0 Å². The maximum absolute atomic E-state index is 14.0. The van der Waals surface area contributed by atoms with Crippen molar-refractivity contribution in [1.82, 2.24) is 0 Å². The number of benzene rings is 2. The first kappa shape index (κ1) is 27.5. The fourth-order valence-electron chi connectivity index (χ4n) is 3.42. The Kier molecular flexibility index (Phi) is 8.26. The number of unbranched alkanes of at least 4 members (excludes halogenated alkanes) is 1. The van der Waals surface area contributed by atoms with Gasteiger partial charge in [-0.05, 0) is 53.6 Å². The molecule has 0 unspecified atom stereocenters. The summed E-state index contributed by atoms with van der Waals surface area (Å²) in [6, 6.07) is 8.93. The lowest BCUT2D eigenvalue weighted by Gasteiger charge is -2.28. The van der Waals surface area contributed by atoms with E-state index in [1.807, 2.05) is 48.5 Å². The third-order valence-electron chi connectivity index (χ3n) is 5.33. The Bertz CT molecular complexity index is 1030. The highest BCUT2D eigenvalue weighted by molar-refractivity contribution is 7.54. The molecule has 0 radical (unpaired) electrons. The van der Waals surface area contributed by atoms with Crippen LogP contribution in [0.25, 0.3) is 0 Å². The van der Waals surface area contributed by atoms with Crippen LogP contribution < -0.4 is 9.05 Å². The van der Waals surface area contributed by atoms with E-state index in [2.05, 4.69) is 0 Å². The average Bonchev–Trinajstić information content (AvgIpc) is 2.71. The first-order valence-corrected chi connectivity index (χ1v) is 13.0. The minimum atomic E-state index is -3.75. The standard InChI is InChI=1S/C26H35O7P/c1-8-9-14-34(31,32-21-12-10-17(23(27)28)15-19(21)25(2,3)4)33-22-13-11-18(24(29)30)16-20(22)26(5,6)7/h10-13,15-16H,8-9,14H2,1-7H3,(H,27,28)(H,29,30). The van der Waals surface area contributed by atoms with E-state index in [-0.39, 0.29) is 17.3 Å². The van der Waals surface area contributed by atoms with Crippen LogP contribution in [-0.4, -0.2) is 28.3 Å². The Labute approximate surface area is 201 Å². The highest BCUT2D eigenvalue weighted by Gasteiger charge is 2.33. The van der Waals surface area contributed by atoms with Crippen molar-refractivity contribution in [2.75, 3.05) is 6.16 Å². The lowest BCUT2D eigenvalue weighted by atomic mass is 9.85. The molecule has 8 heteroatoms. The normalized spacial score (nSPS) is 12.3. The largest absolute Gasteiger partial charge is 0.478 e. The second kappa shape index (κ2) is 10.2. The van der Waals surface area contributed by atoms with Gasteiger partial charge < -0.3 is 19.3 Å². The lowest BCUT2D eigenvalue weighted by molar-refractivity contribution is 0.0686. The van der Waals surface area contributed by atoms with Crippen molar-refractivity contribution >= 4 is 19.5 Å². The van der Waals surface area contributed by atoms with Crippen LogP contribution in [0.3, 0.4) is 0 Å². The van der Waals surface area contributed by atoms with Gasteiger partial charge in [0, 0.05) is 11.1 Å². The molecule has 0 fully saturated rings. The van der Waals surface area contributed by atoms with Crippen molar-refractivity contribution in [3.8, 4) is 11.5 Å². The van der Waals surface area contributed by atoms with E-state index < -0.39 is 30.4 Å². The molecule has 2 aromatic carbocycles. The molecule has 2 aromatic rings. The first-order chi connectivity index (χ1) is 15.6. The van der Waals surface area contributed by atoms with Crippen LogP contribution in [0.15, 0.2) is 36.4 Å². The molecule has 0 bridgehead atoms. The second-order valence-corrected chi connectivity index (χ2v) is 12.4. The molecule has 2 rings (SSSR count). The molecule has 186 valence electrons. The van der Waals surface area contributed by atoms with Crippen LogP contribution in [0.1, 0.15) is 93.2 Å². The summed E-state index contributed by atoms with van der Waals surface area (Å²) in [7, 11) is -3.75. The molecule has 0 amide bonds. The Morgan fingerprint density at radius 3 is 1.47 bits per heavy atom. The summed E-state index contributed by atoms with van der Waals surface area (Å²) in [6.45, 7) is 13.5. The van der Waals surface area contributed by atoms with Gasteiger partial charge in [0.05, 0.1) is 17.3 Å². The third kappa shape index (κ3) is 6.86. The summed E-state index contributed by atoms with van der Waals surface area (Å²) >= 11 is 0. The van der Waals surface area contributed by atoms with E-state index in [4.69, 9.17) is 9.05 Å². The van der Waals surface area contributed by atoms with Gasteiger partial charge in [-0.15, -0.1) is 0 Å². The molecule has 0 atom stereocenters. The monoisotopic (exact) mass is 490 g/mol. The Morgan fingerprint density at radius 2 is 1.18 bits per heavy atom. The van der Waals surface area contributed by atoms with Crippen molar-refractivity contribution in [2.45, 2.75) is 72.1 Å². The zero-order valence-electron chi connectivity index (χ0n) is 21.0. The quantitative estimate of drug-likeness (QED) is 0.360. The molecule has 7 nitrogen and oxygen atoms in total. The molecule has 0 saturated carbocycles. The fourth-order valence-corrected chi connectivity index (χ4v) is 5.26. The highest BCUT2D eigenvalue weighted by atomic mass is 31.2. The maximum atomic E-state index is 14.0. The Morgan fingerprint density at radius 1 is 0.794 bits per heavy atom. The van der Waals surface area contributed by atoms with E-state index in [1.165, 1.54) is 36.4 Å². The van der Waals surface area contributed by atoms with Crippen LogP contribution in [0.2, 0.25) is 0 Å². The van der Waals surface area contributed by atoms with Crippen molar-refractivity contribution < 1.29 is 33.4 Å². The molecule has 0 aliphatic heterocycles. The van der Waals surface area contributed by atoms with Crippen molar-refractivity contribution in [2.24, 2.45) is 0 Å². The van der Waals surface area contributed by atoms with Gasteiger partial charge >= 0.3 is 19.5 Å². The van der Waals surface area contributed by atoms with Crippen molar-refractivity contribution in [3.05, 3.63) is 58.7 Å². The van der Waals surface area contributed by atoms with Crippen LogP contribution in [0.5, 0.6) is 11.5 Å². The number of carboxylic acids is 2. The van der Waals surface area contributed by atoms with Gasteiger partial charge in [-0.25, -0.2) is 14.2 Å². The molecule has 0 saturated heterocycles. The van der Waals surface area contributed by atoms with Gasteiger partial charge in [-0.2, -0.15) is 0 Å². The average molecular weight is 491 g/mol.